The molecular formula is C22H17F3O2. The van der Waals surface area contributed by atoms with Gasteiger partial charge in [-0.1, -0.05) is 55.1 Å². The van der Waals surface area contributed by atoms with Gasteiger partial charge in [-0.15, -0.1) is 13.2 Å². The minimum atomic E-state index is -4.75. The third kappa shape index (κ3) is 5.38. The number of halogens is 3. The maximum absolute atomic E-state index is 12.6. The first-order valence-corrected chi connectivity index (χ1v) is 8.23. The van der Waals surface area contributed by atoms with Crippen LogP contribution >= 0.6 is 0 Å². The molecule has 2 nitrogen and oxygen atoms in total. The third-order valence-electron chi connectivity index (χ3n) is 3.81. The summed E-state index contributed by atoms with van der Waals surface area (Å²) in [6.45, 7) is 4.02. The van der Waals surface area contributed by atoms with Crippen molar-refractivity contribution in [2.45, 2.75) is 13.0 Å². The molecule has 0 fully saturated rings. The number of ether oxygens (including phenoxy) is 2. The van der Waals surface area contributed by atoms with Crippen LogP contribution in [0, 0.1) is 0 Å². The topological polar surface area (TPSA) is 18.5 Å². The summed E-state index contributed by atoms with van der Waals surface area (Å²) in [4.78, 5) is 0. The van der Waals surface area contributed by atoms with Crippen molar-refractivity contribution in [1.82, 2.24) is 0 Å². The van der Waals surface area contributed by atoms with Gasteiger partial charge < -0.3 is 9.47 Å². The molecule has 3 rings (SSSR count). The van der Waals surface area contributed by atoms with E-state index in [2.05, 4.69) is 11.3 Å². The maximum Gasteiger partial charge on any atom is 0.573 e. The van der Waals surface area contributed by atoms with Crippen LogP contribution in [-0.4, -0.2) is 6.36 Å². The lowest BCUT2D eigenvalue weighted by atomic mass is 10.0. The predicted octanol–water partition coefficient (Wildman–Crippen LogP) is 6.47. The van der Waals surface area contributed by atoms with Crippen molar-refractivity contribution in [2.75, 3.05) is 0 Å². The summed E-state index contributed by atoms with van der Waals surface area (Å²) in [6.07, 6.45) is -3.28. The van der Waals surface area contributed by atoms with Crippen molar-refractivity contribution < 1.29 is 22.6 Å². The second kappa shape index (κ2) is 7.99. The summed E-state index contributed by atoms with van der Waals surface area (Å²) in [5, 5.41) is 0. The lowest BCUT2D eigenvalue weighted by Crippen LogP contribution is -2.17. The van der Waals surface area contributed by atoms with Gasteiger partial charge in [0, 0.05) is 0 Å². The van der Waals surface area contributed by atoms with Crippen LogP contribution < -0.4 is 9.47 Å². The number of hydrogen-bond donors (Lipinski definition) is 0. The van der Waals surface area contributed by atoms with Gasteiger partial charge in [0.2, 0.25) is 0 Å². The summed E-state index contributed by atoms with van der Waals surface area (Å²) in [7, 11) is 0. The van der Waals surface area contributed by atoms with Crippen LogP contribution in [0.1, 0.15) is 11.1 Å². The molecule has 0 aromatic heterocycles. The van der Waals surface area contributed by atoms with E-state index < -0.39 is 6.36 Å². The van der Waals surface area contributed by atoms with E-state index in [1.54, 1.807) is 30.3 Å². The van der Waals surface area contributed by atoms with E-state index in [0.717, 1.165) is 11.1 Å². The van der Waals surface area contributed by atoms with Gasteiger partial charge in [-0.05, 0) is 52.6 Å². The summed E-state index contributed by atoms with van der Waals surface area (Å²) >= 11 is 0. The van der Waals surface area contributed by atoms with Gasteiger partial charge in [-0.2, -0.15) is 0 Å². The van der Waals surface area contributed by atoms with E-state index >= 15 is 0 Å². The van der Waals surface area contributed by atoms with Gasteiger partial charge in [0.1, 0.15) is 18.1 Å². The zero-order valence-electron chi connectivity index (χ0n) is 14.4. The third-order valence-corrected chi connectivity index (χ3v) is 3.81. The smallest absolute Gasteiger partial charge is 0.489 e. The van der Waals surface area contributed by atoms with Crippen LogP contribution in [0.5, 0.6) is 11.5 Å². The molecule has 3 aromatic carbocycles. The van der Waals surface area contributed by atoms with E-state index in [9.17, 15) is 13.2 Å². The Labute approximate surface area is 155 Å². The van der Waals surface area contributed by atoms with Crippen LogP contribution in [0.15, 0.2) is 79.4 Å². The predicted molar refractivity (Wildman–Crippen MR) is 99.4 cm³/mol. The lowest BCUT2D eigenvalue weighted by Gasteiger charge is -2.13. The highest BCUT2D eigenvalue weighted by molar-refractivity contribution is 5.70. The van der Waals surface area contributed by atoms with Crippen LogP contribution in [0.3, 0.4) is 0 Å². The molecule has 0 aliphatic carbocycles. The van der Waals surface area contributed by atoms with Crippen LogP contribution in [-0.2, 0) is 6.61 Å². The Morgan fingerprint density at radius 1 is 0.815 bits per heavy atom. The number of alkyl halides is 3. The number of hydrogen-bond acceptors (Lipinski definition) is 2. The second-order valence-electron chi connectivity index (χ2n) is 5.84. The average Bonchev–Trinajstić information content (AvgIpc) is 2.66. The van der Waals surface area contributed by atoms with E-state index in [0.29, 0.717) is 23.5 Å². The molecule has 0 saturated carbocycles. The van der Waals surface area contributed by atoms with Crippen molar-refractivity contribution in [1.29, 1.82) is 0 Å². The van der Waals surface area contributed by atoms with Crippen LogP contribution in [0.25, 0.3) is 17.2 Å². The summed E-state index contributed by atoms with van der Waals surface area (Å²) in [6, 6.07) is 21.3. The monoisotopic (exact) mass is 370 g/mol. The number of benzene rings is 3. The highest BCUT2D eigenvalue weighted by atomic mass is 19.4. The van der Waals surface area contributed by atoms with Gasteiger partial charge in [0.25, 0.3) is 0 Å². The Bertz CT molecular complexity index is 918. The Kier molecular flexibility index (Phi) is 5.50. The molecule has 0 bridgehead atoms. The molecule has 0 saturated heterocycles. The molecule has 138 valence electrons. The minimum absolute atomic E-state index is 0.287. The van der Waals surface area contributed by atoms with E-state index in [1.165, 1.54) is 18.2 Å². The fraction of sp³-hybridized carbons (Fsp3) is 0.0909. The van der Waals surface area contributed by atoms with Crippen molar-refractivity contribution in [3.8, 4) is 22.6 Å². The fourth-order valence-corrected chi connectivity index (χ4v) is 2.61. The van der Waals surface area contributed by atoms with Crippen molar-refractivity contribution in [3.05, 3.63) is 90.5 Å². The van der Waals surface area contributed by atoms with Gasteiger partial charge in [0.05, 0.1) is 0 Å². The molecule has 0 spiro atoms. The normalized spacial score (nSPS) is 11.1. The first-order valence-electron chi connectivity index (χ1n) is 8.23. The zero-order valence-corrected chi connectivity index (χ0v) is 14.4. The first-order chi connectivity index (χ1) is 12.9. The minimum Gasteiger partial charge on any atom is -0.489 e. The molecule has 0 radical (unpaired) electrons. The molecule has 0 amide bonds. The van der Waals surface area contributed by atoms with Crippen molar-refractivity contribution >= 4 is 6.08 Å². The molecule has 0 aliphatic rings. The fourth-order valence-electron chi connectivity index (χ4n) is 2.61. The Hall–Kier alpha value is -3.21. The Morgan fingerprint density at radius 3 is 2.26 bits per heavy atom. The summed E-state index contributed by atoms with van der Waals surface area (Å²) in [5.74, 6) is 0.337. The molecular weight excluding hydrogens is 353 g/mol. The largest absolute Gasteiger partial charge is 0.573 e. The highest BCUT2D eigenvalue weighted by Gasteiger charge is 2.31. The molecule has 3 aromatic rings. The van der Waals surface area contributed by atoms with Gasteiger partial charge in [0.15, 0.2) is 0 Å². The van der Waals surface area contributed by atoms with E-state index in [-0.39, 0.29) is 5.75 Å². The standard InChI is InChI=1S/C22H17F3O2/c1-2-16-11-19(14-21(12-16)27-22(23,24)25)18-9-6-10-20(13-18)26-15-17-7-4-3-5-8-17/h2-14H,1,15H2. The average molecular weight is 370 g/mol. The van der Waals surface area contributed by atoms with Gasteiger partial charge in [-0.25, -0.2) is 0 Å². The van der Waals surface area contributed by atoms with Crippen molar-refractivity contribution in [2.24, 2.45) is 0 Å². The van der Waals surface area contributed by atoms with Crippen LogP contribution in [0.2, 0.25) is 0 Å². The van der Waals surface area contributed by atoms with Gasteiger partial charge in [-0.3, -0.25) is 0 Å². The maximum atomic E-state index is 12.6. The summed E-state index contributed by atoms with van der Waals surface area (Å²) < 4.78 is 47.6. The van der Waals surface area contributed by atoms with Crippen molar-refractivity contribution in [3.63, 3.8) is 0 Å². The van der Waals surface area contributed by atoms with E-state index in [1.807, 2.05) is 30.3 Å². The Morgan fingerprint density at radius 2 is 1.56 bits per heavy atom. The molecule has 0 aliphatic heterocycles. The molecule has 0 atom stereocenters. The van der Waals surface area contributed by atoms with Crippen LogP contribution in [0.4, 0.5) is 13.2 Å². The number of rotatable bonds is 6. The van der Waals surface area contributed by atoms with Gasteiger partial charge >= 0.3 is 6.36 Å². The summed E-state index contributed by atoms with van der Waals surface area (Å²) in [5.41, 5.74) is 2.85. The molecule has 0 heterocycles. The lowest BCUT2D eigenvalue weighted by molar-refractivity contribution is -0.274. The molecule has 0 unspecified atom stereocenters. The van der Waals surface area contributed by atoms with E-state index in [4.69, 9.17) is 4.74 Å². The highest BCUT2D eigenvalue weighted by Crippen LogP contribution is 2.31. The molecule has 0 N–H and O–H groups in total. The Balaban J connectivity index is 1.85. The second-order valence-corrected chi connectivity index (χ2v) is 5.84. The quantitative estimate of drug-likeness (QED) is 0.495. The molecule has 27 heavy (non-hydrogen) atoms. The first kappa shape index (κ1) is 18.6. The zero-order chi connectivity index (χ0) is 19.3. The SMILES string of the molecule is C=Cc1cc(OC(F)(F)F)cc(-c2cccc(OCc3ccccc3)c2)c1. The molecule has 5 heteroatoms.